The van der Waals surface area contributed by atoms with Gasteiger partial charge >= 0.3 is 0 Å². The largest absolute Gasteiger partial charge is 0.307 e. The van der Waals surface area contributed by atoms with E-state index in [0.717, 1.165) is 29.9 Å². The van der Waals surface area contributed by atoms with Crippen molar-refractivity contribution in [3.05, 3.63) is 30.2 Å². The normalized spacial score (nSPS) is 30.3. The lowest BCUT2D eigenvalue weighted by molar-refractivity contribution is 0.347. The third-order valence-electron chi connectivity index (χ3n) is 4.64. The van der Waals surface area contributed by atoms with Crippen LogP contribution in [0.15, 0.2) is 24.4 Å². The van der Waals surface area contributed by atoms with Gasteiger partial charge in [0, 0.05) is 12.2 Å². The van der Waals surface area contributed by atoms with Crippen LogP contribution >= 0.6 is 0 Å². The highest BCUT2D eigenvalue weighted by molar-refractivity contribution is 5.36. The number of rotatable bonds is 3. The summed E-state index contributed by atoms with van der Waals surface area (Å²) in [6.07, 6.45) is 7.71. The van der Waals surface area contributed by atoms with Gasteiger partial charge in [-0.05, 0) is 43.2 Å². The van der Waals surface area contributed by atoms with Crippen molar-refractivity contribution in [2.24, 2.45) is 11.8 Å². The Morgan fingerprint density at radius 2 is 2.22 bits per heavy atom. The Morgan fingerprint density at radius 1 is 1.22 bits per heavy atom. The molecule has 0 aliphatic heterocycles. The predicted molar refractivity (Wildman–Crippen MR) is 69.1 cm³/mol. The Labute approximate surface area is 106 Å². The monoisotopic (exact) mass is 242 g/mol. The zero-order chi connectivity index (χ0) is 11.9. The molecule has 2 heterocycles. The van der Waals surface area contributed by atoms with Gasteiger partial charge in [-0.1, -0.05) is 12.5 Å². The molecular weight excluding hydrogens is 224 g/mol. The maximum atomic E-state index is 4.27. The fraction of sp³-hybridized carbons (Fsp3) is 0.571. The average molecular weight is 242 g/mol. The van der Waals surface area contributed by atoms with Crippen LogP contribution in [0.1, 0.15) is 31.5 Å². The van der Waals surface area contributed by atoms with Crippen molar-refractivity contribution in [3.8, 4) is 0 Å². The number of hydrogen-bond acceptors (Lipinski definition) is 3. The quantitative estimate of drug-likeness (QED) is 0.895. The molecule has 4 nitrogen and oxygen atoms in total. The highest BCUT2D eigenvalue weighted by atomic mass is 15.3. The van der Waals surface area contributed by atoms with E-state index in [0.29, 0.717) is 6.04 Å². The highest BCUT2D eigenvalue weighted by Crippen LogP contribution is 2.44. The molecule has 2 aliphatic carbocycles. The van der Waals surface area contributed by atoms with Gasteiger partial charge in [0.15, 0.2) is 11.5 Å². The van der Waals surface area contributed by atoms with E-state index in [1.807, 2.05) is 24.4 Å². The molecule has 3 unspecified atom stereocenters. The second-order valence-corrected chi connectivity index (χ2v) is 5.71. The molecule has 2 aromatic rings. The minimum atomic E-state index is 0.708. The molecule has 2 aliphatic rings. The Hall–Kier alpha value is -1.42. The van der Waals surface area contributed by atoms with Crippen LogP contribution in [0.2, 0.25) is 0 Å². The van der Waals surface area contributed by atoms with Gasteiger partial charge in [0.05, 0.1) is 6.54 Å². The van der Waals surface area contributed by atoms with E-state index in [4.69, 9.17) is 0 Å². The van der Waals surface area contributed by atoms with Crippen LogP contribution in [-0.4, -0.2) is 20.6 Å². The second-order valence-electron chi connectivity index (χ2n) is 5.71. The van der Waals surface area contributed by atoms with Crippen molar-refractivity contribution in [2.45, 2.75) is 38.3 Å². The Kier molecular flexibility index (Phi) is 2.36. The topological polar surface area (TPSA) is 42.2 Å². The Balaban J connectivity index is 1.48. The fourth-order valence-corrected chi connectivity index (χ4v) is 3.73. The van der Waals surface area contributed by atoms with Gasteiger partial charge in [-0.15, -0.1) is 10.2 Å². The molecule has 2 saturated carbocycles. The van der Waals surface area contributed by atoms with Crippen LogP contribution in [-0.2, 0) is 6.54 Å². The summed E-state index contributed by atoms with van der Waals surface area (Å²) < 4.78 is 2.07. The molecular formula is C14H18N4. The molecule has 3 atom stereocenters. The third kappa shape index (κ3) is 1.63. The molecule has 0 aromatic carbocycles. The van der Waals surface area contributed by atoms with Crippen molar-refractivity contribution in [1.29, 1.82) is 0 Å². The zero-order valence-corrected chi connectivity index (χ0v) is 10.4. The molecule has 94 valence electrons. The van der Waals surface area contributed by atoms with Crippen molar-refractivity contribution in [2.75, 3.05) is 0 Å². The Bertz CT molecular complexity index is 562. The summed E-state index contributed by atoms with van der Waals surface area (Å²) in [7, 11) is 0. The first-order valence-electron chi connectivity index (χ1n) is 6.92. The number of nitrogens with zero attached hydrogens (tertiary/aromatic N) is 3. The van der Waals surface area contributed by atoms with Crippen molar-refractivity contribution >= 4 is 5.65 Å². The van der Waals surface area contributed by atoms with Gasteiger partial charge in [0.2, 0.25) is 0 Å². The minimum absolute atomic E-state index is 0.708. The van der Waals surface area contributed by atoms with E-state index in [9.17, 15) is 0 Å². The predicted octanol–water partition coefficient (Wildman–Crippen LogP) is 2.01. The minimum Gasteiger partial charge on any atom is -0.307 e. The first kappa shape index (κ1) is 10.5. The van der Waals surface area contributed by atoms with Crippen LogP contribution in [0, 0.1) is 11.8 Å². The van der Waals surface area contributed by atoms with Gasteiger partial charge in [-0.3, -0.25) is 4.40 Å². The fourth-order valence-electron chi connectivity index (χ4n) is 3.73. The van der Waals surface area contributed by atoms with Crippen molar-refractivity contribution in [3.63, 3.8) is 0 Å². The van der Waals surface area contributed by atoms with Gasteiger partial charge in [0.25, 0.3) is 0 Å². The van der Waals surface area contributed by atoms with E-state index in [-0.39, 0.29) is 0 Å². The summed E-state index contributed by atoms with van der Waals surface area (Å²) in [4.78, 5) is 0. The molecule has 2 aromatic heterocycles. The maximum Gasteiger partial charge on any atom is 0.160 e. The molecule has 4 rings (SSSR count). The summed E-state index contributed by atoms with van der Waals surface area (Å²) >= 11 is 0. The van der Waals surface area contributed by atoms with Gasteiger partial charge in [0.1, 0.15) is 0 Å². The molecule has 0 radical (unpaired) electrons. The standard InChI is InChI=1S/C14H18N4/c1-2-6-18-13(3-1)16-17-14(18)9-15-12-8-10-4-5-11(12)7-10/h1-3,6,10-12,15H,4-5,7-9H2. The maximum absolute atomic E-state index is 4.27. The molecule has 2 bridgehead atoms. The molecule has 18 heavy (non-hydrogen) atoms. The molecule has 1 N–H and O–H groups in total. The molecule has 0 saturated heterocycles. The van der Waals surface area contributed by atoms with Crippen molar-refractivity contribution < 1.29 is 0 Å². The molecule has 0 amide bonds. The first-order valence-corrected chi connectivity index (χ1v) is 6.92. The van der Waals surface area contributed by atoms with Crippen LogP contribution in [0.25, 0.3) is 5.65 Å². The average Bonchev–Trinajstić information content (AvgIpc) is 3.11. The highest BCUT2D eigenvalue weighted by Gasteiger charge is 2.39. The van der Waals surface area contributed by atoms with Crippen LogP contribution < -0.4 is 5.32 Å². The lowest BCUT2D eigenvalue weighted by atomic mass is 9.95. The van der Waals surface area contributed by atoms with E-state index in [1.165, 1.54) is 25.7 Å². The van der Waals surface area contributed by atoms with Crippen LogP contribution in [0.5, 0.6) is 0 Å². The summed E-state index contributed by atoms with van der Waals surface area (Å²) in [6, 6.07) is 6.72. The number of nitrogens with one attached hydrogen (secondary N) is 1. The Morgan fingerprint density at radius 3 is 3.06 bits per heavy atom. The second kappa shape index (κ2) is 4.05. The lowest BCUT2D eigenvalue weighted by Gasteiger charge is -2.22. The number of aromatic nitrogens is 3. The van der Waals surface area contributed by atoms with Gasteiger partial charge < -0.3 is 5.32 Å². The summed E-state index contributed by atoms with van der Waals surface area (Å²) in [6.45, 7) is 0.832. The lowest BCUT2D eigenvalue weighted by Crippen LogP contribution is -2.33. The molecule has 0 spiro atoms. The molecule has 2 fully saturated rings. The van der Waals surface area contributed by atoms with E-state index < -0.39 is 0 Å². The molecule has 4 heteroatoms. The van der Waals surface area contributed by atoms with Crippen LogP contribution in [0.3, 0.4) is 0 Å². The number of pyridine rings is 1. The van der Waals surface area contributed by atoms with E-state index in [1.54, 1.807) is 0 Å². The summed E-state index contributed by atoms with van der Waals surface area (Å²) in [5, 5.41) is 12.1. The smallest absolute Gasteiger partial charge is 0.160 e. The van der Waals surface area contributed by atoms with Crippen molar-refractivity contribution in [1.82, 2.24) is 19.9 Å². The zero-order valence-electron chi connectivity index (χ0n) is 10.4. The SMILES string of the molecule is c1ccn2c(CNC3CC4CCC3C4)nnc2c1. The number of hydrogen-bond donors (Lipinski definition) is 1. The van der Waals surface area contributed by atoms with Crippen LogP contribution in [0.4, 0.5) is 0 Å². The first-order chi connectivity index (χ1) is 8.90. The van der Waals surface area contributed by atoms with Gasteiger partial charge in [-0.25, -0.2) is 0 Å². The number of fused-ring (bicyclic) bond motifs is 3. The summed E-state index contributed by atoms with van der Waals surface area (Å²) in [5.74, 6) is 2.92. The third-order valence-corrected chi connectivity index (χ3v) is 4.64. The van der Waals surface area contributed by atoms with E-state index in [2.05, 4.69) is 19.9 Å². The summed E-state index contributed by atoms with van der Waals surface area (Å²) in [5.41, 5.74) is 0.933. The van der Waals surface area contributed by atoms with Gasteiger partial charge in [-0.2, -0.15) is 0 Å². The van der Waals surface area contributed by atoms with E-state index >= 15 is 0 Å².